The van der Waals surface area contributed by atoms with E-state index in [0.717, 1.165) is 0 Å². The lowest BCUT2D eigenvalue weighted by molar-refractivity contribution is 0.0191. The Labute approximate surface area is 152 Å². The first kappa shape index (κ1) is 19.5. The summed E-state index contributed by atoms with van der Waals surface area (Å²) in [6.07, 6.45) is 0. The number of halogens is 1. The van der Waals surface area contributed by atoms with Gasteiger partial charge in [0.15, 0.2) is 13.5 Å². The first-order valence-corrected chi connectivity index (χ1v) is 7.45. The minimum atomic E-state index is -0.676. The van der Waals surface area contributed by atoms with E-state index in [2.05, 4.69) is 20.1 Å². The number of carbonyl (C=O) groups excluding carboxylic acids is 1. The van der Waals surface area contributed by atoms with Gasteiger partial charge in [-0.05, 0) is 40.9 Å². The van der Waals surface area contributed by atoms with Crippen molar-refractivity contribution in [1.82, 2.24) is 0 Å². The van der Waals surface area contributed by atoms with Crippen LogP contribution in [0.15, 0.2) is 52.7 Å². The van der Waals surface area contributed by atoms with Gasteiger partial charge in [-0.3, -0.25) is 0 Å². The van der Waals surface area contributed by atoms with Gasteiger partial charge < -0.3 is 14.2 Å². The Balaban J connectivity index is 2.15. The van der Waals surface area contributed by atoms with E-state index in [1.807, 2.05) is 0 Å². The topological polar surface area (TPSA) is 142 Å². The number of nitrogens with zero attached hydrogens (tertiary/aromatic N) is 6. The Morgan fingerprint density at radius 1 is 1.04 bits per heavy atom. The molecule has 0 radical (unpaired) electrons. The van der Waals surface area contributed by atoms with Crippen LogP contribution < -0.4 is 4.74 Å². The lowest BCUT2D eigenvalue weighted by Gasteiger charge is -2.12. The summed E-state index contributed by atoms with van der Waals surface area (Å²) in [4.78, 5) is 16.8. The molecule has 0 atom stereocenters. The van der Waals surface area contributed by atoms with Gasteiger partial charge in [0.05, 0.1) is 11.1 Å². The van der Waals surface area contributed by atoms with Crippen LogP contribution in [0.3, 0.4) is 0 Å². The molecule has 0 aliphatic carbocycles. The normalized spacial score (nSPS) is 9.67. The molecule has 0 saturated carbocycles. The van der Waals surface area contributed by atoms with Crippen molar-refractivity contribution in [3.8, 4) is 16.9 Å². The number of hydrogen-bond donors (Lipinski definition) is 0. The number of rotatable bonds is 9. The summed E-state index contributed by atoms with van der Waals surface area (Å²) in [5, 5.41) is 6.29. The molecule has 2 aromatic carbocycles. The van der Waals surface area contributed by atoms with Crippen molar-refractivity contribution in [2.75, 3.05) is 20.3 Å². The van der Waals surface area contributed by atoms with Crippen LogP contribution in [0, 0.1) is 5.82 Å². The predicted octanol–water partition coefficient (Wildman–Crippen LogP) is 4.54. The molecule has 0 unspecified atom stereocenters. The number of esters is 1. The van der Waals surface area contributed by atoms with Crippen molar-refractivity contribution in [1.29, 1.82) is 0 Å². The second-order valence-electron chi connectivity index (χ2n) is 4.81. The van der Waals surface area contributed by atoms with Gasteiger partial charge in [-0.15, -0.1) is 0 Å². The van der Waals surface area contributed by atoms with Crippen molar-refractivity contribution in [3.05, 3.63) is 74.7 Å². The molecular formula is C16H13FN6O4. The van der Waals surface area contributed by atoms with Crippen molar-refractivity contribution >= 4 is 5.97 Å². The molecule has 0 aliphatic heterocycles. The van der Waals surface area contributed by atoms with Gasteiger partial charge in [0, 0.05) is 9.82 Å². The summed E-state index contributed by atoms with van der Waals surface area (Å²) < 4.78 is 29.4. The zero-order valence-corrected chi connectivity index (χ0v) is 13.9. The first-order chi connectivity index (χ1) is 13.2. The van der Waals surface area contributed by atoms with Crippen LogP contribution in [0.2, 0.25) is 0 Å². The van der Waals surface area contributed by atoms with E-state index < -0.39 is 18.5 Å². The molecule has 0 saturated heterocycles. The average molecular weight is 372 g/mol. The highest BCUT2D eigenvalue weighted by atomic mass is 19.1. The lowest BCUT2D eigenvalue weighted by atomic mass is 10.0. The standard InChI is InChI=1S/C16H13FN6O4/c17-13-2-1-3-14(27-10-25-8-20-22-18)15(13)11-4-6-12(7-5-11)16(24)26-9-21-23-19/h1-7H,8-10H2. The molecule has 0 amide bonds. The average Bonchev–Trinajstić information content (AvgIpc) is 2.68. The van der Waals surface area contributed by atoms with Crippen LogP contribution in [0.5, 0.6) is 5.75 Å². The van der Waals surface area contributed by atoms with E-state index in [-0.39, 0.29) is 30.4 Å². The summed E-state index contributed by atoms with van der Waals surface area (Å²) in [6, 6.07) is 10.2. The lowest BCUT2D eigenvalue weighted by Crippen LogP contribution is -2.05. The van der Waals surface area contributed by atoms with Crippen LogP contribution in [-0.2, 0) is 9.47 Å². The van der Waals surface area contributed by atoms with Crippen molar-refractivity contribution in [2.24, 2.45) is 10.2 Å². The quantitative estimate of drug-likeness (QED) is 0.159. The highest BCUT2D eigenvalue weighted by Gasteiger charge is 2.14. The van der Waals surface area contributed by atoms with Crippen LogP contribution in [-0.4, -0.2) is 26.2 Å². The highest BCUT2D eigenvalue weighted by molar-refractivity contribution is 5.90. The zero-order chi connectivity index (χ0) is 19.5. The molecule has 2 aromatic rings. The monoisotopic (exact) mass is 372 g/mol. The number of benzene rings is 2. The fraction of sp³-hybridized carbons (Fsp3) is 0.188. The minimum absolute atomic E-state index is 0.180. The molecule has 138 valence electrons. The van der Waals surface area contributed by atoms with E-state index in [9.17, 15) is 9.18 Å². The van der Waals surface area contributed by atoms with E-state index in [1.165, 1.54) is 36.4 Å². The van der Waals surface area contributed by atoms with Crippen LogP contribution in [0.1, 0.15) is 10.4 Å². The Morgan fingerprint density at radius 2 is 1.74 bits per heavy atom. The maximum atomic E-state index is 14.3. The Hall–Kier alpha value is -3.78. The fourth-order valence-electron chi connectivity index (χ4n) is 2.08. The van der Waals surface area contributed by atoms with Crippen molar-refractivity contribution in [2.45, 2.75) is 0 Å². The Kier molecular flexibility index (Phi) is 7.43. The largest absolute Gasteiger partial charge is 0.467 e. The van der Waals surface area contributed by atoms with E-state index in [1.54, 1.807) is 6.07 Å². The molecule has 2 rings (SSSR count). The summed E-state index contributed by atoms with van der Waals surface area (Å²) in [6.45, 7) is -0.870. The molecule has 0 aliphatic rings. The maximum Gasteiger partial charge on any atom is 0.338 e. The molecule has 0 spiro atoms. The Morgan fingerprint density at radius 3 is 2.44 bits per heavy atom. The molecule has 27 heavy (non-hydrogen) atoms. The van der Waals surface area contributed by atoms with Gasteiger partial charge >= 0.3 is 5.97 Å². The maximum absolute atomic E-state index is 14.3. The van der Waals surface area contributed by atoms with Crippen LogP contribution in [0.4, 0.5) is 4.39 Å². The highest BCUT2D eigenvalue weighted by Crippen LogP contribution is 2.32. The van der Waals surface area contributed by atoms with Crippen molar-refractivity contribution in [3.63, 3.8) is 0 Å². The molecule has 0 N–H and O–H groups in total. The SMILES string of the molecule is [N-]=[N+]=NCOCOc1cccc(F)c1-c1ccc(C(=O)OCN=[N+]=[N-])cc1. The van der Waals surface area contributed by atoms with Gasteiger partial charge in [0.25, 0.3) is 0 Å². The van der Waals surface area contributed by atoms with Gasteiger partial charge in [-0.1, -0.05) is 28.4 Å². The van der Waals surface area contributed by atoms with Crippen molar-refractivity contribution < 1.29 is 23.4 Å². The molecule has 10 nitrogen and oxygen atoms in total. The number of hydrogen-bond acceptors (Lipinski definition) is 6. The first-order valence-electron chi connectivity index (χ1n) is 7.45. The summed E-state index contributed by atoms with van der Waals surface area (Å²) in [5.74, 6) is -0.985. The third-order valence-corrected chi connectivity index (χ3v) is 3.21. The summed E-state index contributed by atoms with van der Waals surface area (Å²) >= 11 is 0. The van der Waals surface area contributed by atoms with Crippen LogP contribution >= 0.6 is 0 Å². The predicted molar refractivity (Wildman–Crippen MR) is 91.9 cm³/mol. The molecule has 0 bridgehead atoms. The van der Waals surface area contributed by atoms with E-state index in [0.29, 0.717) is 5.56 Å². The van der Waals surface area contributed by atoms with Gasteiger partial charge in [0.1, 0.15) is 18.3 Å². The fourth-order valence-corrected chi connectivity index (χ4v) is 2.08. The summed E-state index contributed by atoms with van der Waals surface area (Å²) in [7, 11) is 0. The van der Waals surface area contributed by atoms with Gasteiger partial charge in [0.2, 0.25) is 0 Å². The van der Waals surface area contributed by atoms with Gasteiger partial charge in [-0.2, -0.15) is 0 Å². The van der Waals surface area contributed by atoms with E-state index in [4.69, 9.17) is 25.3 Å². The molecule has 0 fully saturated rings. The molecular weight excluding hydrogens is 359 g/mol. The smallest absolute Gasteiger partial charge is 0.338 e. The second kappa shape index (κ2) is 10.3. The number of ether oxygens (including phenoxy) is 3. The zero-order valence-electron chi connectivity index (χ0n) is 13.9. The number of carbonyl (C=O) groups is 1. The van der Waals surface area contributed by atoms with E-state index >= 15 is 0 Å². The van der Waals surface area contributed by atoms with Crippen LogP contribution in [0.25, 0.3) is 32.0 Å². The molecule has 0 heterocycles. The Bertz CT molecular complexity index is 892. The molecule has 0 aromatic heterocycles. The molecule has 11 heteroatoms. The minimum Gasteiger partial charge on any atom is -0.467 e. The van der Waals surface area contributed by atoms with Gasteiger partial charge in [-0.25, -0.2) is 9.18 Å². The third-order valence-electron chi connectivity index (χ3n) is 3.21. The third kappa shape index (κ3) is 5.62. The summed E-state index contributed by atoms with van der Waals surface area (Å²) in [5.41, 5.74) is 17.2. The second-order valence-corrected chi connectivity index (χ2v) is 4.81. The number of azide groups is 2.